The summed E-state index contributed by atoms with van der Waals surface area (Å²) < 4.78 is 0. The Kier molecular flexibility index (Phi) is 5.27. The maximum absolute atomic E-state index is 12.4. The third kappa shape index (κ3) is 4.51. The van der Waals surface area contributed by atoms with Gasteiger partial charge in [-0.25, -0.2) is 0 Å². The van der Waals surface area contributed by atoms with E-state index in [0.29, 0.717) is 11.5 Å². The Balaban J connectivity index is 1.53. The molecule has 2 aliphatic rings. The molecule has 1 aromatic carbocycles. The number of hydrogen-bond acceptors (Lipinski definition) is 4. The standard InChI is InChI=1S/C19H26N2O4/c1-2-12-5-6-17(22)16(7-12)19(25)20-14-8-15(9-14)21(11-18(23)24)10-13-3-4-13/h5-7,13-15,22H,2-4,8-11H2,1H3,(H,20,25)(H,23,24). The van der Waals surface area contributed by atoms with Gasteiger partial charge in [0.25, 0.3) is 5.91 Å². The number of aromatic hydroxyl groups is 1. The summed E-state index contributed by atoms with van der Waals surface area (Å²) in [5.41, 5.74) is 1.31. The van der Waals surface area contributed by atoms with Gasteiger partial charge >= 0.3 is 5.97 Å². The van der Waals surface area contributed by atoms with Crippen LogP contribution in [0, 0.1) is 5.92 Å². The zero-order chi connectivity index (χ0) is 18.0. The summed E-state index contributed by atoms with van der Waals surface area (Å²) in [6.45, 7) is 2.92. The molecule has 0 saturated heterocycles. The molecule has 0 aromatic heterocycles. The van der Waals surface area contributed by atoms with Crippen LogP contribution in [0.3, 0.4) is 0 Å². The summed E-state index contributed by atoms with van der Waals surface area (Å²) in [6.07, 6.45) is 4.71. The van der Waals surface area contributed by atoms with Gasteiger partial charge in [-0.15, -0.1) is 0 Å². The SMILES string of the molecule is CCc1ccc(O)c(C(=O)NC2CC(N(CC(=O)O)CC3CC3)C2)c1. The zero-order valence-electron chi connectivity index (χ0n) is 14.6. The maximum Gasteiger partial charge on any atom is 0.317 e. The lowest BCUT2D eigenvalue weighted by atomic mass is 9.85. The van der Waals surface area contributed by atoms with E-state index in [2.05, 4.69) is 5.32 Å². The van der Waals surface area contributed by atoms with Crippen molar-refractivity contribution in [3.63, 3.8) is 0 Å². The second-order valence-electron chi connectivity index (χ2n) is 7.27. The van der Waals surface area contributed by atoms with Crippen LogP contribution in [0.25, 0.3) is 0 Å². The van der Waals surface area contributed by atoms with Crippen LogP contribution in [0.4, 0.5) is 0 Å². The predicted octanol–water partition coefficient (Wildman–Crippen LogP) is 2.01. The van der Waals surface area contributed by atoms with E-state index < -0.39 is 5.97 Å². The number of hydrogen-bond donors (Lipinski definition) is 3. The summed E-state index contributed by atoms with van der Waals surface area (Å²) in [5.74, 6) is -0.425. The Morgan fingerprint density at radius 1 is 1.28 bits per heavy atom. The number of carboxylic acid groups (broad SMARTS) is 1. The van der Waals surface area contributed by atoms with E-state index in [0.717, 1.165) is 31.4 Å². The highest BCUT2D eigenvalue weighted by molar-refractivity contribution is 5.97. The van der Waals surface area contributed by atoms with Gasteiger partial charge in [0.15, 0.2) is 0 Å². The number of nitrogens with zero attached hydrogens (tertiary/aromatic N) is 1. The number of rotatable bonds is 8. The third-order valence-electron chi connectivity index (χ3n) is 5.21. The first kappa shape index (κ1) is 17.7. The molecule has 6 heteroatoms. The molecule has 3 N–H and O–H groups in total. The van der Waals surface area contributed by atoms with Crippen molar-refractivity contribution in [2.45, 2.75) is 51.1 Å². The van der Waals surface area contributed by atoms with Gasteiger partial charge in [0.05, 0.1) is 12.1 Å². The number of benzene rings is 1. The van der Waals surface area contributed by atoms with E-state index in [4.69, 9.17) is 5.11 Å². The zero-order valence-corrected chi connectivity index (χ0v) is 14.6. The van der Waals surface area contributed by atoms with Gasteiger partial charge in [0.1, 0.15) is 5.75 Å². The van der Waals surface area contributed by atoms with Crippen molar-refractivity contribution in [2.75, 3.05) is 13.1 Å². The van der Waals surface area contributed by atoms with E-state index in [1.54, 1.807) is 12.1 Å². The first-order chi connectivity index (χ1) is 12.0. The Bertz CT molecular complexity index is 651. The van der Waals surface area contributed by atoms with E-state index in [-0.39, 0.29) is 30.3 Å². The molecule has 2 aliphatic carbocycles. The summed E-state index contributed by atoms with van der Waals surface area (Å²) in [6, 6.07) is 5.36. The fourth-order valence-corrected chi connectivity index (χ4v) is 3.40. The molecule has 2 fully saturated rings. The van der Waals surface area contributed by atoms with Crippen LogP contribution in [0.1, 0.15) is 48.5 Å². The summed E-state index contributed by atoms with van der Waals surface area (Å²) in [4.78, 5) is 25.5. The van der Waals surface area contributed by atoms with Crippen molar-refractivity contribution >= 4 is 11.9 Å². The van der Waals surface area contributed by atoms with E-state index in [1.165, 1.54) is 12.8 Å². The van der Waals surface area contributed by atoms with Gasteiger partial charge < -0.3 is 15.5 Å². The number of phenolic OH excluding ortho intramolecular Hbond substituents is 1. The minimum absolute atomic E-state index is 0.00758. The molecular formula is C19H26N2O4. The van der Waals surface area contributed by atoms with E-state index >= 15 is 0 Å². The molecule has 0 bridgehead atoms. The van der Waals surface area contributed by atoms with Crippen molar-refractivity contribution in [3.8, 4) is 5.75 Å². The van der Waals surface area contributed by atoms with Crippen LogP contribution in [0.15, 0.2) is 18.2 Å². The fourth-order valence-electron chi connectivity index (χ4n) is 3.40. The number of aliphatic carboxylic acids is 1. The van der Waals surface area contributed by atoms with E-state index in [9.17, 15) is 14.7 Å². The first-order valence-corrected chi connectivity index (χ1v) is 9.04. The molecule has 0 heterocycles. The molecule has 136 valence electrons. The molecule has 0 spiro atoms. The van der Waals surface area contributed by atoms with Crippen LogP contribution in [0.5, 0.6) is 5.75 Å². The Morgan fingerprint density at radius 3 is 2.60 bits per heavy atom. The average Bonchev–Trinajstić information content (AvgIpc) is 3.33. The smallest absolute Gasteiger partial charge is 0.317 e. The largest absolute Gasteiger partial charge is 0.507 e. The lowest BCUT2D eigenvalue weighted by Crippen LogP contribution is -2.55. The molecule has 0 atom stereocenters. The van der Waals surface area contributed by atoms with E-state index in [1.807, 2.05) is 17.9 Å². The average molecular weight is 346 g/mol. The summed E-state index contributed by atoms with van der Waals surface area (Å²) >= 11 is 0. The van der Waals surface area contributed by atoms with Crippen molar-refractivity contribution < 1.29 is 19.8 Å². The van der Waals surface area contributed by atoms with Gasteiger partial charge in [0.2, 0.25) is 0 Å². The molecule has 0 aliphatic heterocycles. The van der Waals surface area contributed by atoms with Crippen molar-refractivity contribution in [2.24, 2.45) is 5.92 Å². The minimum Gasteiger partial charge on any atom is -0.507 e. The summed E-state index contributed by atoms with van der Waals surface area (Å²) in [5, 5.41) is 22.0. The number of carboxylic acids is 1. The van der Waals surface area contributed by atoms with Gasteiger partial charge in [0, 0.05) is 18.6 Å². The van der Waals surface area contributed by atoms with Crippen molar-refractivity contribution in [1.29, 1.82) is 0 Å². The van der Waals surface area contributed by atoms with Crippen LogP contribution < -0.4 is 5.32 Å². The molecular weight excluding hydrogens is 320 g/mol. The molecule has 1 aromatic rings. The molecule has 0 radical (unpaired) electrons. The highest BCUT2D eigenvalue weighted by Gasteiger charge is 2.37. The van der Waals surface area contributed by atoms with Crippen LogP contribution in [0.2, 0.25) is 0 Å². The maximum atomic E-state index is 12.4. The van der Waals surface area contributed by atoms with Crippen LogP contribution in [-0.2, 0) is 11.2 Å². The van der Waals surface area contributed by atoms with Gasteiger partial charge in [-0.1, -0.05) is 13.0 Å². The summed E-state index contributed by atoms with van der Waals surface area (Å²) in [7, 11) is 0. The second-order valence-corrected chi connectivity index (χ2v) is 7.27. The topological polar surface area (TPSA) is 89.9 Å². The third-order valence-corrected chi connectivity index (χ3v) is 5.21. The molecule has 25 heavy (non-hydrogen) atoms. The second kappa shape index (κ2) is 7.44. The van der Waals surface area contributed by atoms with Gasteiger partial charge in [-0.2, -0.15) is 0 Å². The lowest BCUT2D eigenvalue weighted by Gasteiger charge is -2.42. The highest BCUT2D eigenvalue weighted by atomic mass is 16.4. The van der Waals surface area contributed by atoms with Crippen LogP contribution in [-0.4, -0.2) is 52.2 Å². The predicted molar refractivity (Wildman–Crippen MR) is 93.7 cm³/mol. The lowest BCUT2D eigenvalue weighted by molar-refractivity contribution is -0.139. The molecule has 2 saturated carbocycles. The Morgan fingerprint density at radius 2 is 2.00 bits per heavy atom. The quantitative estimate of drug-likeness (QED) is 0.670. The number of phenols is 1. The molecule has 0 unspecified atom stereocenters. The molecule has 3 rings (SSSR count). The Hall–Kier alpha value is -2.08. The number of amides is 1. The number of carbonyl (C=O) groups excluding carboxylic acids is 1. The van der Waals surface area contributed by atoms with Gasteiger partial charge in [-0.3, -0.25) is 14.5 Å². The fraction of sp³-hybridized carbons (Fsp3) is 0.579. The monoisotopic (exact) mass is 346 g/mol. The van der Waals surface area contributed by atoms with Crippen LogP contribution >= 0.6 is 0 Å². The van der Waals surface area contributed by atoms with Gasteiger partial charge in [-0.05, 0) is 55.7 Å². The molecule has 6 nitrogen and oxygen atoms in total. The van der Waals surface area contributed by atoms with Crippen molar-refractivity contribution in [1.82, 2.24) is 10.2 Å². The number of nitrogens with one attached hydrogen (secondary N) is 1. The Labute approximate surface area is 147 Å². The first-order valence-electron chi connectivity index (χ1n) is 9.04. The minimum atomic E-state index is -0.797. The normalized spacial score (nSPS) is 22.5. The highest BCUT2D eigenvalue weighted by Crippen LogP contribution is 2.34. The number of aryl methyl sites for hydroxylation is 1. The number of carbonyl (C=O) groups is 2. The van der Waals surface area contributed by atoms with Crippen molar-refractivity contribution in [3.05, 3.63) is 29.3 Å². The molecule has 1 amide bonds.